The zero-order valence-electron chi connectivity index (χ0n) is 16.3. The maximum Gasteiger partial charge on any atom is 0.241 e. The molecule has 2 N–H and O–H groups in total. The average Bonchev–Trinajstić information content (AvgIpc) is 2.73. The molecule has 1 aromatic heterocycles. The van der Waals surface area contributed by atoms with Crippen molar-refractivity contribution in [3.05, 3.63) is 48.7 Å². The van der Waals surface area contributed by atoms with Gasteiger partial charge in [-0.1, -0.05) is 12.1 Å². The van der Waals surface area contributed by atoms with Gasteiger partial charge in [-0.2, -0.15) is 0 Å². The number of aliphatic hydroxyl groups is 1. The van der Waals surface area contributed by atoms with E-state index in [1.807, 2.05) is 4.90 Å². The monoisotopic (exact) mass is 399 g/mol. The molecule has 1 amide bonds. The van der Waals surface area contributed by atoms with E-state index >= 15 is 0 Å². The van der Waals surface area contributed by atoms with Crippen LogP contribution >= 0.6 is 0 Å². The van der Waals surface area contributed by atoms with E-state index in [-0.39, 0.29) is 23.7 Å². The van der Waals surface area contributed by atoms with Gasteiger partial charge >= 0.3 is 0 Å². The van der Waals surface area contributed by atoms with Gasteiger partial charge < -0.3 is 20.2 Å². The molecule has 0 radical (unpaired) electrons. The lowest BCUT2D eigenvalue weighted by atomic mass is 9.71. The number of hydrogen-bond acceptors (Lipinski definition) is 6. The Morgan fingerprint density at radius 3 is 2.79 bits per heavy atom. The first kappa shape index (κ1) is 19.6. The zero-order chi connectivity index (χ0) is 20.3. The number of para-hydroxylation sites is 1. The first-order valence-electron chi connectivity index (χ1n) is 10.00. The molecule has 1 spiro atoms. The topological polar surface area (TPSA) is 81.6 Å². The van der Waals surface area contributed by atoms with E-state index in [1.54, 1.807) is 36.8 Å². The Kier molecular flexibility index (Phi) is 5.62. The molecule has 0 bridgehead atoms. The molecule has 7 nitrogen and oxygen atoms in total. The van der Waals surface area contributed by atoms with Crippen LogP contribution in [0.25, 0.3) is 0 Å². The standard InChI is InChI=1S/C21H26FN5O2/c22-17-3-1-2-4-18(17)25-13-20(29)26-9-5-21(6-10-26)11-16(28)14-27(15-21)19-12-23-7-8-24-19/h1-4,7-8,12,16,25,28H,5-6,9-11,13-15H2. The van der Waals surface area contributed by atoms with E-state index in [1.165, 1.54) is 6.07 Å². The average molecular weight is 399 g/mol. The number of hydrogen-bond donors (Lipinski definition) is 2. The highest BCUT2D eigenvalue weighted by Gasteiger charge is 2.42. The highest BCUT2D eigenvalue weighted by Crippen LogP contribution is 2.40. The summed E-state index contributed by atoms with van der Waals surface area (Å²) < 4.78 is 13.7. The van der Waals surface area contributed by atoms with E-state index < -0.39 is 6.10 Å². The highest BCUT2D eigenvalue weighted by molar-refractivity contribution is 5.81. The molecule has 2 fully saturated rings. The van der Waals surface area contributed by atoms with Crippen molar-refractivity contribution in [1.29, 1.82) is 0 Å². The van der Waals surface area contributed by atoms with Crippen molar-refractivity contribution in [3.8, 4) is 0 Å². The summed E-state index contributed by atoms with van der Waals surface area (Å²) in [5.74, 6) is 0.377. The van der Waals surface area contributed by atoms with Crippen molar-refractivity contribution >= 4 is 17.4 Å². The van der Waals surface area contributed by atoms with E-state index in [4.69, 9.17) is 0 Å². The lowest BCUT2D eigenvalue weighted by Gasteiger charge is -2.49. The third-order valence-electron chi connectivity index (χ3n) is 5.98. The van der Waals surface area contributed by atoms with Crippen LogP contribution in [-0.2, 0) is 4.79 Å². The van der Waals surface area contributed by atoms with Crippen molar-refractivity contribution in [2.24, 2.45) is 5.41 Å². The molecule has 0 saturated carbocycles. The summed E-state index contributed by atoms with van der Waals surface area (Å²) >= 11 is 0. The van der Waals surface area contributed by atoms with Crippen LogP contribution in [0.3, 0.4) is 0 Å². The number of aliphatic hydroxyl groups excluding tert-OH is 1. The van der Waals surface area contributed by atoms with Crippen LogP contribution < -0.4 is 10.2 Å². The highest BCUT2D eigenvalue weighted by atomic mass is 19.1. The molecule has 8 heteroatoms. The van der Waals surface area contributed by atoms with E-state index in [0.717, 1.165) is 31.6 Å². The number of β-amino-alcohol motifs (C(OH)–C–C–N with tert-alkyl or cyclic N) is 1. The Hall–Kier alpha value is -2.74. The fraction of sp³-hybridized carbons (Fsp3) is 0.476. The smallest absolute Gasteiger partial charge is 0.241 e. The maximum absolute atomic E-state index is 13.7. The van der Waals surface area contributed by atoms with Gasteiger partial charge in [0, 0.05) is 38.6 Å². The van der Waals surface area contributed by atoms with Gasteiger partial charge in [-0.3, -0.25) is 9.78 Å². The number of piperidine rings is 2. The summed E-state index contributed by atoms with van der Waals surface area (Å²) in [6.07, 6.45) is 6.98. The molecule has 1 atom stereocenters. The molecule has 2 aliphatic heterocycles. The van der Waals surface area contributed by atoms with E-state index in [0.29, 0.717) is 25.3 Å². The number of amides is 1. The minimum absolute atomic E-state index is 0.0368. The first-order chi connectivity index (χ1) is 14.0. The number of likely N-dealkylation sites (tertiary alicyclic amines) is 1. The van der Waals surface area contributed by atoms with Crippen molar-refractivity contribution in [1.82, 2.24) is 14.9 Å². The number of nitrogens with one attached hydrogen (secondary N) is 1. The summed E-state index contributed by atoms with van der Waals surface area (Å²) in [7, 11) is 0. The predicted octanol–water partition coefficient (Wildman–Crippen LogP) is 1.91. The van der Waals surface area contributed by atoms with Gasteiger partial charge in [0.1, 0.15) is 11.6 Å². The second-order valence-corrected chi connectivity index (χ2v) is 8.02. The first-order valence-corrected chi connectivity index (χ1v) is 10.00. The minimum atomic E-state index is -0.421. The van der Waals surface area contributed by atoms with Gasteiger partial charge in [-0.15, -0.1) is 0 Å². The SMILES string of the molecule is O=C(CNc1ccccc1F)N1CCC2(CC1)CC(O)CN(c1cnccn1)C2. The van der Waals surface area contributed by atoms with Crippen molar-refractivity contribution in [2.75, 3.05) is 42.9 Å². The molecular formula is C21H26FN5O2. The van der Waals surface area contributed by atoms with Gasteiger partial charge in [0.2, 0.25) is 5.91 Å². The summed E-state index contributed by atoms with van der Waals surface area (Å²) in [6, 6.07) is 6.35. The molecule has 2 aliphatic rings. The molecule has 1 aromatic carbocycles. The molecule has 2 aromatic rings. The largest absolute Gasteiger partial charge is 0.391 e. The van der Waals surface area contributed by atoms with Crippen LogP contribution in [0.5, 0.6) is 0 Å². The van der Waals surface area contributed by atoms with Crippen molar-refractivity contribution in [2.45, 2.75) is 25.4 Å². The Morgan fingerprint density at radius 1 is 1.28 bits per heavy atom. The van der Waals surface area contributed by atoms with Gasteiger partial charge in [0.05, 0.1) is 24.5 Å². The van der Waals surface area contributed by atoms with E-state index in [9.17, 15) is 14.3 Å². The minimum Gasteiger partial charge on any atom is -0.391 e. The summed E-state index contributed by atoms with van der Waals surface area (Å²) in [6.45, 7) is 2.70. The summed E-state index contributed by atoms with van der Waals surface area (Å²) in [5.41, 5.74) is 0.301. The maximum atomic E-state index is 13.7. The van der Waals surface area contributed by atoms with Gasteiger partial charge in [-0.25, -0.2) is 9.37 Å². The van der Waals surface area contributed by atoms with Crippen molar-refractivity contribution in [3.63, 3.8) is 0 Å². The summed E-state index contributed by atoms with van der Waals surface area (Å²) in [4.78, 5) is 25.0. The van der Waals surface area contributed by atoms with Gasteiger partial charge in [0.25, 0.3) is 0 Å². The number of anilines is 2. The van der Waals surface area contributed by atoms with Gasteiger partial charge in [0.15, 0.2) is 0 Å². The number of aromatic nitrogens is 2. The molecule has 29 heavy (non-hydrogen) atoms. The number of rotatable bonds is 4. The molecule has 2 saturated heterocycles. The second-order valence-electron chi connectivity index (χ2n) is 8.02. The molecule has 0 aliphatic carbocycles. The molecule has 1 unspecified atom stereocenters. The summed E-state index contributed by atoms with van der Waals surface area (Å²) in [5, 5.41) is 13.3. The van der Waals surface area contributed by atoms with Crippen LogP contribution in [0.4, 0.5) is 15.9 Å². The lowest BCUT2D eigenvalue weighted by Crippen LogP contribution is -2.55. The normalized spacial score (nSPS) is 21.2. The Labute approximate surface area is 169 Å². The lowest BCUT2D eigenvalue weighted by molar-refractivity contribution is -0.132. The van der Waals surface area contributed by atoms with Crippen LogP contribution in [0.15, 0.2) is 42.9 Å². The van der Waals surface area contributed by atoms with Crippen LogP contribution in [-0.4, -0.2) is 64.7 Å². The zero-order valence-corrected chi connectivity index (χ0v) is 16.3. The molecule has 4 rings (SSSR count). The second kappa shape index (κ2) is 8.32. The third kappa shape index (κ3) is 4.48. The fourth-order valence-corrected chi connectivity index (χ4v) is 4.46. The predicted molar refractivity (Wildman–Crippen MR) is 108 cm³/mol. The molecular weight excluding hydrogens is 373 g/mol. The van der Waals surface area contributed by atoms with Crippen LogP contribution in [0, 0.1) is 11.2 Å². The van der Waals surface area contributed by atoms with Crippen LogP contribution in [0.1, 0.15) is 19.3 Å². The fourth-order valence-electron chi connectivity index (χ4n) is 4.46. The van der Waals surface area contributed by atoms with E-state index in [2.05, 4.69) is 20.2 Å². The number of benzene rings is 1. The number of carbonyl (C=O) groups excluding carboxylic acids is 1. The number of nitrogens with zero attached hydrogens (tertiary/aromatic N) is 4. The van der Waals surface area contributed by atoms with Crippen molar-refractivity contribution < 1.29 is 14.3 Å². The molecule has 3 heterocycles. The number of halogens is 1. The Bertz CT molecular complexity index is 842. The quantitative estimate of drug-likeness (QED) is 0.818. The third-order valence-corrected chi connectivity index (χ3v) is 5.98. The van der Waals surface area contributed by atoms with Crippen LogP contribution in [0.2, 0.25) is 0 Å². The molecule has 154 valence electrons. The Morgan fingerprint density at radius 2 is 2.07 bits per heavy atom. The van der Waals surface area contributed by atoms with Gasteiger partial charge in [-0.05, 0) is 36.8 Å². The Balaban J connectivity index is 1.34. The number of carbonyl (C=O) groups is 1.